The van der Waals surface area contributed by atoms with Crippen LogP contribution in [0.1, 0.15) is 23.9 Å². The Bertz CT molecular complexity index is 960. The van der Waals surface area contributed by atoms with Crippen LogP contribution in [-0.2, 0) is 11.3 Å². The number of likely N-dealkylation sites (tertiary alicyclic amines) is 1. The number of likely N-dealkylation sites (N-methyl/N-ethyl adjacent to an activating group) is 1. The number of aldehydes is 1. The van der Waals surface area contributed by atoms with Gasteiger partial charge in [-0.2, -0.15) is 0 Å². The van der Waals surface area contributed by atoms with Gasteiger partial charge in [0, 0.05) is 31.5 Å². The summed E-state index contributed by atoms with van der Waals surface area (Å²) in [6.07, 6.45) is 5.69. The zero-order chi connectivity index (χ0) is 21.3. The first-order chi connectivity index (χ1) is 14.6. The number of hydrogen-bond donors (Lipinski definition) is 2. The topological polar surface area (TPSA) is 83.0 Å². The highest BCUT2D eigenvalue weighted by molar-refractivity contribution is 7.15. The molecule has 0 spiro atoms. The van der Waals surface area contributed by atoms with E-state index in [2.05, 4.69) is 32.4 Å². The van der Waals surface area contributed by atoms with Crippen molar-refractivity contribution < 1.29 is 4.79 Å². The van der Waals surface area contributed by atoms with E-state index in [0.717, 1.165) is 58.7 Å². The van der Waals surface area contributed by atoms with Crippen LogP contribution in [0.4, 0.5) is 11.6 Å². The van der Waals surface area contributed by atoms with Gasteiger partial charge in [0.15, 0.2) is 0 Å². The second kappa shape index (κ2) is 10.9. The van der Waals surface area contributed by atoms with Crippen molar-refractivity contribution in [2.24, 2.45) is 0 Å². The smallest absolute Gasteiger partial charge is 0.132 e. The third kappa shape index (κ3) is 6.16. The fourth-order valence-electron chi connectivity index (χ4n) is 3.28. The molecule has 0 aliphatic carbocycles. The number of nitrogens with zero attached hydrogens (tertiary/aromatic N) is 4. The summed E-state index contributed by atoms with van der Waals surface area (Å²) < 4.78 is 0. The zero-order valence-electron chi connectivity index (χ0n) is 17.6. The number of aryl methyl sites for hydroxylation is 1. The van der Waals surface area contributed by atoms with Gasteiger partial charge in [-0.3, -0.25) is 4.90 Å². The molecule has 1 aliphatic heterocycles. The van der Waals surface area contributed by atoms with E-state index in [9.17, 15) is 0 Å². The monoisotopic (exact) mass is 424 g/mol. The average Bonchev–Trinajstić information content (AvgIpc) is 3.39. The van der Waals surface area contributed by atoms with E-state index < -0.39 is 0 Å². The number of rotatable bonds is 6. The normalized spacial score (nSPS) is 16.0. The average molecular weight is 425 g/mol. The highest BCUT2D eigenvalue weighted by Gasteiger charge is 2.21. The first kappa shape index (κ1) is 22.0. The van der Waals surface area contributed by atoms with Crippen molar-refractivity contribution in [3.05, 3.63) is 53.3 Å². The minimum Gasteiger partial charge on any atom is -0.325 e. The maximum atomic E-state index is 8.81. The van der Waals surface area contributed by atoms with Crippen molar-refractivity contribution in [1.29, 1.82) is 0 Å². The zero-order valence-corrected chi connectivity index (χ0v) is 18.4. The molecule has 158 valence electrons. The molecular weight excluding hydrogens is 396 g/mol. The molecule has 0 radical (unpaired) electrons. The van der Waals surface area contributed by atoms with Crippen molar-refractivity contribution >= 4 is 29.3 Å². The van der Waals surface area contributed by atoms with Crippen LogP contribution < -0.4 is 10.6 Å². The van der Waals surface area contributed by atoms with Gasteiger partial charge in [0.1, 0.15) is 22.9 Å². The molecular formula is C22H28N6OS. The van der Waals surface area contributed by atoms with Crippen LogP contribution in [-0.4, -0.2) is 52.3 Å². The second-order valence-corrected chi connectivity index (χ2v) is 8.23. The molecule has 0 aromatic carbocycles. The minimum atomic E-state index is 0.601. The summed E-state index contributed by atoms with van der Waals surface area (Å²) in [5, 5.41) is 7.78. The minimum absolute atomic E-state index is 0.601. The molecule has 4 heterocycles. The summed E-state index contributed by atoms with van der Waals surface area (Å²) >= 11 is 1.72. The number of carbonyl (C=O) groups is 1. The highest BCUT2D eigenvalue weighted by atomic mass is 32.1. The van der Waals surface area contributed by atoms with E-state index in [1.165, 1.54) is 13.3 Å². The molecule has 2 N–H and O–H groups in total. The van der Waals surface area contributed by atoms with Crippen LogP contribution in [0.5, 0.6) is 0 Å². The summed E-state index contributed by atoms with van der Waals surface area (Å²) in [7, 11) is 2.04. The second-order valence-electron chi connectivity index (χ2n) is 7.11. The van der Waals surface area contributed by atoms with Gasteiger partial charge in [0.2, 0.25) is 0 Å². The molecule has 0 bridgehead atoms. The fourth-order valence-corrected chi connectivity index (χ4v) is 4.21. The standard InChI is InChI=1S/C20H24N6S.C2H4O/c1-14-6-8-22-19(10-14)25-18-5-3-4-16(24-18)17-11-23-20(27-17)13-26-9-7-15(12-26)21-2;1-2-3/h3-6,8,10-11,15,21H,7,9,12-13H2,1-2H3,(H,22,24,25);2H,1H3. The Morgan fingerprint density at radius 2 is 2.10 bits per heavy atom. The fraction of sp³-hybridized carbons (Fsp3) is 0.364. The van der Waals surface area contributed by atoms with Gasteiger partial charge in [0.25, 0.3) is 0 Å². The molecule has 1 saturated heterocycles. The molecule has 1 aliphatic rings. The van der Waals surface area contributed by atoms with E-state index in [1.807, 2.05) is 43.6 Å². The van der Waals surface area contributed by atoms with Crippen LogP contribution in [0.25, 0.3) is 10.6 Å². The van der Waals surface area contributed by atoms with Crippen molar-refractivity contribution in [2.45, 2.75) is 32.9 Å². The molecule has 1 unspecified atom stereocenters. The van der Waals surface area contributed by atoms with E-state index in [0.29, 0.717) is 6.04 Å². The number of nitrogens with one attached hydrogen (secondary N) is 2. The van der Waals surface area contributed by atoms with Crippen LogP contribution >= 0.6 is 11.3 Å². The Morgan fingerprint density at radius 1 is 1.27 bits per heavy atom. The quantitative estimate of drug-likeness (QED) is 0.585. The lowest BCUT2D eigenvalue weighted by Gasteiger charge is -2.13. The van der Waals surface area contributed by atoms with Crippen LogP contribution in [0.15, 0.2) is 42.7 Å². The Hall–Kier alpha value is -2.68. The largest absolute Gasteiger partial charge is 0.325 e. The first-order valence-corrected chi connectivity index (χ1v) is 10.8. The first-order valence-electron chi connectivity index (χ1n) is 10.0. The van der Waals surface area contributed by atoms with Crippen LogP contribution in [0.3, 0.4) is 0 Å². The lowest BCUT2D eigenvalue weighted by Crippen LogP contribution is -2.29. The molecule has 0 amide bonds. The van der Waals surface area contributed by atoms with Crippen LogP contribution in [0.2, 0.25) is 0 Å². The predicted octanol–water partition coefficient (Wildman–Crippen LogP) is 3.65. The Kier molecular flexibility index (Phi) is 8.01. The van der Waals surface area contributed by atoms with Gasteiger partial charge in [-0.15, -0.1) is 11.3 Å². The maximum Gasteiger partial charge on any atom is 0.132 e. The molecule has 0 saturated carbocycles. The molecule has 4 rings (SSSR count). The van der Waals surface area contributed by atoms with Crippen molar-refractivity contribution in [3.63, 3.8) is 0 Å². The summed E-state index contributed by atoms with van der Waals surface area (Å²) in [6, 6.07) is 10.6. The molecule has 1 fully saturated rings. The predicted molar refractivity (Wildman–Crippen MR) is 122 cm³/mol. The molecule has 7 nitrogen and oxygen atoms in total. The summed E-state index contributed by atoms with van der Waals surface area (Å²) in [5.41, 5.74) is 2.10. The molecule has 3 aromatic heterocycles. The Morgan fingerprint density at radius 3 is 2.83 bits per heavy atom. The third-order valence-electron chi connectivity index (χ3n) is 4.77. The number of thiazole rings is 1. The number of pyridine rings is 2. The Labute approximate surface area is 181 Å². The van der Waals surface area contributed by atoms with Gasteiger partial charge in [0.05, 0.1) is 17.1 Å². The van der Waals surface area contributed by atoms with Crippen LogP contribution in [0, 0.1) is 6.92 Å². The SMILES string of the molecule is CC=O.CNC1CCN(Cc2ncc(-c3cccc(Nc4cc(C)ccn4)n3)s2)C1. The summed E-state index contributed by atoms with van der Waals surface area (Å²) in [6.45, 7) is 6.62. The van der Waals surface area contributed by atoms with E-state index in [4.69, 9.17) is 9.78 Å². The number of carbonyl (C=O) groups excluding carboxylic acids is 1. The van der Waals surface area contributed by atoms with Gasteiger partial charge in [-0.25, -0.2) is 15.0 Å². The Balaban J connectivity index is 0.000000806. The molecule has 8 heteroatoms. The molecule has 3 aromatic rings. The number of anilines is 2. The van der Waals surface area contributed by atoms with E-state index >= 15 is 0 Å². The van der Waals surface area contributed by atoms with Crippen molar-refractivity contribution in [3.8, 4) is 10.6 Å². The molecule has 1 atom stereocenters. The molecule has 30 heavy (non-hydrogen) atoms. The maximum absolute atomic E-state index is 8.81. The lowest BCUT2D eigenvalue weighted by molar-refractivity contribution is -0.106. The van der Waals surface area contributed by atoms with Gasteiger partial charge >= 0.3 is 0 Å². The van der Waals surface area contributed by atoms with Gasteiger partial charge < -0.3 is 15.4 Å². The lowest BCUT2D eigenvalue weighted by atomic mass is 10.3. The number of aromatic nitrogens is 3. The number of hydrogen-bond acceptors (Lipinski definition) is 8. The third-order valence-corrected chi connectivity index (χ3v) is 5.77. The summed E-state index contributed by atoms with van der Waals surface area (Å²) in [5.74, 6) is 1.59. The van der Waals surface area contributed by atoms with Gasteiger partial charge in [-0.1, -0.05) is 6.07 Å². The summed E-state index contributed by atoms with van der Waals surface area (Å²) in [4.78, 5) is 26.0. The van der Waals surface area contributed by atoms with E-state index in [1.54, 1.807) is 17.5 Å². The van der Waals surface area contributed by atoms with E-state index in [-0.39, 0.29) is 0 Å². The van der Waals surface area contributed by atoms with Crippen molar-refractivity contribution in [2.75, 3.05) is 25.5 Å². The highest BCUT2D eigenvalue weighted by Crippen LogP contribution is 2.27. The van der Waals surface area contributed by atoms with Crippen molar-refractivity contribution in [1.82, 2.24) is 25.2 Å². The van der Waals surface area contributed by atoms with Gasteiger partial charge in [-0.05, 0) is 57.1 Å².